The van der Waals surface area contributed by atoms with Crippen molar-refractivity contribution < 1.29 is 5.11 Å². The topological polar surface area (TPSA) is 23.5 Å². The Balaban J connectivity index is 2.10. The molecule has 0 spiro atoms. The van der Waals surface area contributed by atoms with Crippen LogP contribution in [0.25, 0.3) is 0 Å². The van der Waals surface area contributed by atoms with E-state index >= 15 is 0 Å². The number of nitrogens with zero attached hydrogens (tertiary/aromatic N) is 1. The number of likely N-dealkylation sites (tertiary alicyclic amines) is 1. The lowest BCUT2D eigenvalue weighted by Gasteiger charge is -2.12. The molecule has 0 amide bonds. The van der Waals surface area contributed by atoms with Gasteiger partial charge in [-0.15, -0.1) is 0 Å². The average Bonchev–Trinajstić information content (AvgIpc) is 2.65. The van der Waals surface area contributed by atoms with Crippen LogP contribution < -0.4 is 0 Å². The van der Waals surface area contributed by atoms with Crippen LogP contribution in [0.5, 0.6) is 0 Å². The minimum Gasteiger partial charge on any atom is -0.389 e. The molecule has 1 aliphatic rings. The van der Waals surface area contributed by atoms with Gasteiger partial charge in [-0.25, -0.2) is 0 Å². The van der Waals surface area contributed by atoms with E-state index < -0.39 is 0 Å². The van der Waals surface area contributed by atoms with Crippen molar-refractivity contribution in [2.24, 2.45) is 0 Å². The van der Waals surface area contributed by atoms with E-state index in [0.717, 1.165) is 12.1 Å². The van der Waals surface area contributed by atoms with Gasteiger partial charge in [0.1, 0.15) is 0 Å². The molecule has 1 saturated heterocycles. The summed E-state index contributed by atoms with van der Waals surface area (Å²) in [5.41, 5.74) is 2.41. The summed E-state index contributed by atoms with van der Waals surface area (Å²) < 4.78 is 0. The van der Waals surface area contributed by atoms with E-state index in [4.69, 9.17) is 0 Å². The molecular formula is C13H19NO. The highest BCUT2D eigenvalue weighted by molar-refractivity contribution is 5.27. The monoisotopic (exact) mass is 205 g/mol. The van der Waals surface area contributed by atoms with Gasteiger partial charge in [0.05, 0.1) is 6.10 Å². The minimum absolute atomic E-state index is 0.356. The zero-order chi connectivity index (χ0) is 10.8. The molecule has 0 aliphatic carbocycles. The fourth-order valence-electron chi connectivity index (χ4n) is 2.25. The van der Waals surface area contributed by atoms with Gasteiger partial charge in [-0.2, -0.15) is 0 Å². The second kappa shape index (κ2) is 4.33. The molecule has 0 radical (unpaired) electrons. The predicted molar refractivity (Wildman–Crippen MR) is 61.9 cm³/mol. The predicted octanol–water partition coefficient (Wildman–Crippen LogP) is 2.16. The normalized spacial score (nSPS) is 24.3. The van der Waals surface area contributed by atoms with E-state index in [2.05, 4.69) is 24.1 Å². The maximum absolute atomic E-state index is 9.41. The Morgan fingerprint density at radius 1 is 1.33 bits per heavy atom. The SMILES string of the molecule is CC(O)c1ccc(C2CCN(C)C2)cc1. The van der Waals surface area contributed by atoms with Crippen LogP contribution in [0.15, 0.2) is 24.3 Å². The van der Waals surface area contributed by atoms with Crippen molar-refractivity contribution in [2.75, 3.05) is 20.1 Å². The highest BCUT2D eigenvalue weighted by Crippen LogP contribution is 2.27. The third kappa shape index (κ3) is 2.39. The summed E-state index contributed by atoms with van der Waals surface area (Å²) in [6.07, 6.45) is 0.898. The van der Waals surface area contributed by atoms with Gasteiger partial charge in [-0.05, 0) is 44.0 Å². The van der Waals surface area contributed by atoms with E-state index in [0.29, 0.717) is 5.92 Å². The van der Waals surface area contributed by atoms with Gasteiger partial charge < -0.3 is 10.0 Å². The van der Waals surface area contributed by atoms with Gasteiger partial charge in [0.15, 0.2) is 0 Å². The number of aliphatic hydroxyl groups is 1. The van der Waals surface area contributed by atoms with Crippen LogP contribution in [0.2, 0.25) is 0 Å². The van der Waals surface area contributed by atoms with Gasteiger partial charge in [0.2, 0.25) is 0 Å². The van der Waals surface area contributed by atoms with E-state index in [1.807, 2.05) is 12.1 Å². The molecule has 0 aromatic heterocycles. The molecule has 1 aromatic carbocycles. The lowest BCUT2D eigenvalue weighted by molar-refractivity contribution is 0.199. The van der Waals surface area contributed by atoms with Crippen LogP contribution in [0.1, 0.15) is 36.5 Å². The first kappa shape index (κ1) is 10.7. The van der Waals surface area contributed by atoms with Crippen molar-refractivity contribution in [1.29, 1.82) is 0 Å². The van der Waals surface area contributed by atoms with E-state index in [9.17, 15) is 5.11 Å². The Labute approximate surface area is 91.5 Å². The summed E-state index contributed by atoms with van der Waals surface area (Å²) in [4.78, 5) is 2.37. The molecule has 1 heterocycles. The third-order valence-electron chi connectivity index (χ3n) is 3.28. The van der Waals surface area contributed by atoms with Crippen LogP contribution in [0.3, 0.4) is 0 Å². The average molecular weight is 205 g/mol. The molecule has 2 unspecified atom stereocenters. The first-order valence-corrected chi connectivity index (χ1v) is 5.63. The highest BCUT2D eigenvalue weighted by Gasteiger charge is 2.20. The fourth-order valence-corrected chi connectivity index (χ4v) is 2.25. The van der Waals surface area contributed by atoms with E-state index in [-0.39, 0.29) is 6.10 Å². The summed E-state index contributed by atoms with van der Waals surface area (Å²) in [7, 11) is 2.17. The van der Waals surface area contributed by atoms with Crippen molar-refractivity contribution in [2.45, 2.75) is 25.4 Å². The second-order valence-corrected chi connectivity index (χ2v) is 4.59. The maximum Gasteiger partial charge on any atom is 0.0761 e. The Morgan fingerprint density at radius 2 is 2.00 bits per heavy atom. The molecule has 2 heteroatoms. The van der Waals surface area contributed by atoms with Crippen molar-refractivity contribution in [3.63, 3.8) is 0 Å². The standard InChI is InChI=1S/C13H19NO/c1-10(15)11-3-5-12(6-4-11)13-7-8-14(2)9-13/h3-6,10,13,15H,7-9H2,1-2H3. The van der Waals surface area contributed by atoms with E-state index in [1.54, 1.807) is 6.92 Å². The van der Waals surface area contributed by atoms with Crippen molar-refractivity contribution >= 4 is 0 Å². The van der Waals surface area contributed by atoms with E-state index in [1.165, 1.54) is 18.5 Å². The molecule has 2 nitrogen and oxygen atoms in total. The molecule has 0 saturated carbocycles. The Hall–Kier alpha value is -0.860. The highest BCUT2D eigenvalue weighted by atomic mass is 16.3. The largest absolute Gasteiger partial charge is 0.389 e. The molecule has 1 aliphatic heterocycles. The molecule has 0 bridgehead atoms. The van der Waals surface area contributed by atoms with Gasteiger partial charge in [-0.1, -0.05) is 24.3 Å². The van der Waals surface area contributed by atoms with Crippen LogP contribution in [-0.2, 0) is 0 Å². The number of benzene rings is 1. The Kier molecular flexibility index (Phi) is 3.08. The number of likely N-dealkylation sites (N-methyl/N-ethyl adjacent to an activating group) is 1. The van der Waals surface area contributed by atoms with Crippen molar-refractivity contribution in [3.8, 4) is 0 Å². The Morgan fingerprint density at radius 3 is 2.47 bits per heavy atom. The van der Waals surface area contributed by atoms with Gasteiger partial charge in [-0.3, -0.25) is 0 Å². The number of hydrogen-bond donors (Lipinski definition) is 1. The molecular weight excluding hydrogens is 186 g/mol. The molecule has 2 rings (SSSR count). The smallest absolute Gasteiger partial charge is 0.0761 e. The van der Waals surface area contributed by atoms with Crippen LogP contribution in [0.4, 0.5) is 0 Å². The zero-order valence-electron chi connectivity index (χ0n) is 9.48. The summed E-state index contributed by atoms with van der Waals surface area (Å²) in [5.74, 6) is 0.679. The Bertz CT molecular complexity index is 318. The number of aliphatic hydroxyl groups excluding tert-OH is 1. The van der Waals surface area contributed by atoms with Gasteiger partial charge in [0.25, 0.3) is 0 Å². The minimum atomic E-state index is -0.356. The quantitative estimate of drug-likeness (QED) is 0.799. The van der Waals surface area contributed by atoms with Gasteiger partial charge in [0, 0.05) is 6.54 Å². The first-order chi connectivity index (χ1) is 7.16. The number of rotatable bonds is 2. The summed E-state index contributed by atoms with van der Waals surface area (Å²) in [6.45, 7) is 4.16. The summed E-state index contributed by atoms with van der Waals surface area (Å²) in [5, 5.41) is 9.41. The summed E-state index contributed by atoms with van der Waals surface area (Å²) >= 11 is 0. The zero-order valence-corrected chi connectivity index (χ0v) is 9.48. The number of hydrogen-bond acceptors (Lipinski definition) is 2. The second-order valence-electron chi connectivity index (χ2n) is 4.59. The fraction of sp³-hybridized carbons (Fsp3) is 0.538. The van der Waals surface area contributed by atoms with Crippen molar-refractivity contribution in [3.05, 3.63) is 35.4 Å². The van der Waals surface area contributed by atoms with Crippen LogP contribution in [-0.4, -0.2) is 30.1 Å². The summed E-state index contributed by atoms with van der Waals surface area (Å²) in [6, 6.07) is 8.40. The lowest BCUT2D eigenvalue weighted by atomic mass is 9.96. The van der Waals surface area contributed by atoms with Crippen molar-refractivity contribution in [1.82, 2.24) is 4.90 Å². The molecule has 82 valence electrons. The van der Waals surface area contributed by atoms with Gasteiger partial charge >= 0.3 is 0 Å². The molecule has 1 aromatic rings. The van der Waals surface area contributed by atoms with Crippen LogP contribution in [0, 0.1) is 0 Å². The van der Waals surface area contributed by atoms with Crippen LogP contribution >= 0.6 is 0 Å². The molecule has 1 fully saturated rings. The molecule has 15 heavy (non-hydrogen) atoms. The lowest BCUT2D eigenvalue weighted by Crippen LogP contribution is -2.13. The first-order valence-electron chi connectivity index (χ1n) is 5.63. The maximum atomic E-state index is 9.41. The molecule has 2 atom stereocenters. The third-order valence-corrected chi connectivity index (χ3v) is 3.28. The molecule has 1 N–H and O–H groups in total.